The SMILES string of the molecule is CNC(O)[C@]1(C)CCCC[C@H]1n1cc(F)c2cnc(-c3c[nH]c4ncc(Cl)cc34)nc21. The third-order valence-electron chi connectivity index (χ3n) is 6.70. The average Bonchev–Trinajstić information content (AvgIpc) is 3.33. The van der Waals surface area contributed by atoms with Gasteiger partial charge in [0.1, 0.15) is 17.5 Å². The lowest BCUT2D eigenvalue weighted by Gasteiger charge is -2.45. The second kappa shape index (κ2) is 7.55. The van der Waals surface area contributed by atoms with Crippen LogP contribution in [0.5, 0.6) is 0 Å². The van der Waals surface area contributed by atoms with Crippen molar-refractivity contribution in [2.45, 2.75) is 44.9 Å². The zero-order chi connectivity index (χ0) is 21.8. The van der Waals surface area contributed by atoms with Crippen molar-refractivity contribution in [3.63, 3.8) is 0 Å². The number of nitrogens with zero attached hydrogens (tertiary/aromatic N) is 4. The summed E-state index contributed by atoms with van der Waals surface area (Å²) in [6.45, 7) is 2.05. The van der Waals surface area contributed by atoms with Gasteiger partial charge in [-0.1, -0.05) is 31.4 Å². The molecule has 4 heterocycles. The first-order chi connectivity index (χ1) is 14.9. The van der Waals surface area contributed by atoms with E-state index in [1.54, 1.807) is 19.4 Å². The van der Waals surface area contributed by atoms with Gasteiger partial charge in [-0.2, -0.15) is 0 Å². The predicted octanol–water partition coefficient (Wildman–Crippen LogP) is 4.43. The summed E-state index contributed by atoms with van der Waals surface area (Å²) in [5, 5.41) is 15.4. The number of fused-ring (bicyclic) bond motifs is 2. The molecule has 1 aliphatic carbocycles. The van der Waals surface area contributed by atoms with Gasteiger partial charge < -0.3 is 14.7 Å². The summed E-state index contributed by atoms with van der Waals surface area (Å²) < 4.78 is 16.7. The Morgan fingerprint density at radius 1 is 1.32 bits per heavy atom. The topological polar surface area (TPSA) is 91.7 Å². The Morgan fingerprint density at radius 2 is 2.16 bits per heavy atom. The molecule has 4 aromatic rings. The van der Waals surface area contributed by atoms with E-state index in [0.717, 1.165) is 36.6 Å². The zero-order valence-corrected chi connectivity index (χ0v) is 18.1. The molecule has 162 valence electrons. The van der Waals surface area contributed by atoms with Gasteiger partial charge in [0.05, 0.1) is 10.4 Å². The van der Waals surface area contributed by atoms with Crippen LogP contribution in [0.1, 0.15) is 38.6 Å². The van der Waals surface area contributed by atoms with Crippen molar-refractivity contribution in [3.05, 3.63) is 41.7 Å². The molecule has 0 bridgehead atoms. The van der Waals surface area contributed by atoms with Gasteiger partial charge in [-0.3, -0.25) is 5.32 Å². The molecule has 1 saturated carbocycles. The Balaban J connectivity index is 1.67. The maximum atomic E-state index is 14.9. The van der Waals surface area contributed by atoms with Gasteiger partial charge in [-0.15, -0.1) is 0 Å². The molecule has 5 rings (SSSR count). The zero-order valence-electron chi connectivity index (χ0n) is 17.4. The summed E-state index contributed by atoms with van der Waals surface area (Å²) in [6.07, 6.45) is 9.39. The second-order valence-electron chi connectivity index (χ2n) is 8.53. The second-order valence-corrected chi connectivity index (χ2v) is 8.96. The number of H-pyrrole nitrogens is 1. The summed E-state index contributed by atoms with van der Waals surface area (Å²) in [5.41, 5.74) is 1.51. The highest BCUT2D eigenvalue weighted by Crippen LogP contribution is 2.47. The number of aliphatic hydroxyl groups is 1. The molecule has 1 fully saturated rings. The monoisotopic (exact) mass is 442 g/mol. The molecule has 0 aliphatic heterocycles. The van der Waals surface area contributed by atoms with E-state index in [9.17, 15) is 9.50 Å². The van der Waals surface area contributed by atoms with Crippen LogP contribution in [0.2, 0.25) is 5.02 Å². The van der Waals surface area contributed by atoms with Crippen molar-refractivity contribution in [3.8, 4) is 11.4 Å². The molecule has 0 spiro atoms. The number of aromatic amines is 1. The average molecular weight is 443 g/mol. The summed E-state index contributed by atoms with van der Waals surface area (Å²) in [6, 6.07) is 1.71. The number of aromatic nitrogens is 5. The van der Waals surface area contributed by atoms with Crippen molar-refractivity contribution in [2.75, 3.05) is 7.05 Å². The van der Waals surface area contributed by atoms with Crippen LogP contribution < -0.4 is 5.32 Å². The normalized spacial score (nSPS) is 22.9. The van der Waals surface area contributed by atoms with E-state index < -0.39 is 11.6 Å². The lowest BCUT2D eigenvalue weighted by molar-refractivity contribution is -0.0423. The van der Waals surface area contributed by atoms with E-state index in [1.807, 2.05) is 10.6 Å². The van der Waals surface area contributed by atoms with Crippen molar-refractivity contribution < 1.29 is 9.50 Å². The number of hydrogen-bond donors (Lipinski definition) is 3. The summed E-state index contributed by atoms with van der Waals surface area (Å²) in [4.78, 5) is 16.6. The molecule has 1 unspecified atom stereocenters. The Hall–Kier alpha value is -2.55. The molecule has 9 heteroatoms. The Kier molecular flexibility index (Phi) is 4.96. The fourth-order valence-electron chi connectivity index (χ4n) is 4.97. The van der Waals surface area contributed by atoms with Gasteiger partial charge in [0.15, 0.2) is 11.6 Å². The number of pyridine rings is 1. The van der Waals surface area contributed by atoms with E-state index in [1.165, 1.54) is 12.4 Å². The molecule has 0 radical (unpaired) electrons. The molecule has 0 aromatic carbocycles. The Bertz CT molecular complexity index is 1270. The van der Waals surface area contributed by atoms with E-state index in [2.05, 4.69) is 27.2 Å². The van der Waals surface area contributed by atoms with Crippen molar-refractivity contribution in [1.82, 2.24) is 29.8 Å². The molecule has 3 N–H and O–H groups in total. The minimum Gasteiger partial charge on any atom is -0.378 e. The van der Waals surface area contributed by atoms with Crippen LogP contribution in [0.3, 0.4) is 0 Å². The lowest BCUT2D eigenvalue weighted by atomic mass is 9.70. The van der Waals surface area contributed by atoms with Crippen LogP contribution in [-0.4, -0.2) is 42.9 Å². The number of hydrogen-bond acceptors (Lipinski definition) is 5. The molecular weight excluding hydrogens is 419 g/mol. The van der Waals surface area contributed by atoms with Crippen LogP contribution >= 0.6 is 11.6 Å². The van der Waals surface area contributed by atoms with Crippen molar-refractivity contribution >= 4 is 33.7 Å². The first-order valence-electron chi connectivity index (χ1n) is 10.4. The van der Waals surface area contributed by atoms with Crippen LogP contribution in [-0.2, 0) is 0 Å². The molecule has 0 amide bonds. The maximum Gasteiger partial charge on any atom is 0.163 e. The van der Waals surface area contributed by atoms with E-state index in [0.29, 0.717) is 27.5 Å². The number of aliphatic hydroxyl groups excluding tert-OH is 1. The number of rotatable bonds is 4. The minimum absolute atomic E-state index is 0.0995. The fourth-order valence-corrected chi connectivity index (χ4v) is 5.12. The highest BCUT2D eigenvalue weighted by atomic mass is 35.5. The summed E-state index contributed by atoms with van der Waals surface area (Å²) in [7, 11) is 1.74. The minimum atomic E-state index is -0.707. The smallest absolute Gasteiger partial charge is 0.163 e. The summed E-state index contributed by atoms with van der Waals surface area (Å²) in [5.74, 6) is 0.103. The fraction of sp³-hybridized carbons (Fsp3) is 0.409. The molecule has 7 nitrogen and oxygen atoms in total. The number of nitrogens with one attached hydrogen (secondary N) is 2. The molecule has 0 saturated heterocycles. The van der Waals surface area contributed by atoms with Crippen LogP contribution in [0.4, 0.5) is 4.39 Å². The van der Waals surface area contributed by atoms with Gasteiger partial charge in [0, 0.05) is 47.2 Å². The van der Waals surface area contributed by atoms with E-state index in [4.69, 9.17) is 16.6 Å². The highest BCUT2D eigenvalue weighted by Gasteiger charge is 2.43. The van der Waals surface area contributed by atoms with Crippen molar-refractivity contribution in [2.24, 2.45) is 5.41 Å². The molecule has 31 heavy (non-hydrogen) atoms. The molecular formula is C22H24ClFN6O. The summed E-state index contributed by atoms with van der Waals surface area (Å²) >= 11 is 6.13. The Labute approximate surface area is 183 Å². The first-order valence-corrected chi connectivity index (χ1v) is 10.8. The highest BCUT2D eigenvalue weighted by molar-refractivity contribution is 6.31. The van der Waals surface area contributed by atoms with Crippen LogP contribution in [0.15, 0.2) is 30.9 Å². The Morgan fingerprint density at radius 3 is 2.97 bits per heavy atom. The van der Waals surface area contributed by atoms with Gasteiger partial charge in [0.2, 0.25) is 0 Å². The molecule has 3 atom stereocenters. The molecule has 1 aliphatic rings. The maximum absolute atomic E-state index is 14.9. The van der Waals surface area contributed by atoms with Gasteiger partial charge in [0.25, 0.3) is 0 Å². The largest absolute Gasteiger partial charge is 0.378 e. The van der Waals surface area contributed by atoms with Crippen molar-refractivity contribution in [1.29, 1.82) is 0 Å². The van der Waals surface area contributed by atoms with E-state index >= 15 is 0 Å². The number of halogens is 2. The van der Waals surface area contributed by atoms with Gasteiger partial charge in [-0.05, 0) is 26.0 Å². The first kappa shape index (κ1) is 20.4. The van der Waals surface area contributed by atoms with Crippen LogP contribution in [0, 0.1) is 11.2 Å². The quantitative estimate of drug-likeness (QED) is 0.407. The van der Waals surface area contributed by atoms with Crippen LogP contribution in [0.25, 0.3) is 33.5 Å². The third-order valence-corrected chi connectivity index (χ3v) is 6.91. The molecule has 4 aromatic heterocycles. The standard InChI is InChI=1S/C22H24ClFN6O/c1-22(21(31)25-2)6-4-3-5-17(22)30-11-16(24)15-10-28-19(29-20(15)30)14-9-27-18-13(14)7-12(23)8-26-18/h7-11,17,21,25,31H,3-6H2,1-2H3,(H,26,27)/t17-,21?,22-/m1/s1. The van der Waals surface area contributed by atoms with Gasteiger partial charge in [-0.25, -0.2) is 19.3 Å². The van der Waals surface area contributed by atoms with Gasteiger partial charge >= 0.3 is 0 Å². The van der Waals surface area contributed by atoms with E-state index in [-0.39, 0.29) is 11.9 Å². The lowest BCUT2D eigenvalue weighted by Crippen LogP contribution is -2.48. The predicted molar refractivity (Wildman–Crippen MR) is 118 cm³/mol. The third kappa shape index (κ3) is 3.21.